The zero-order chi connectivity index (χ0) is 15.1. The maximum absolute atomic E-state index is 12.1. The van der Waals surface area contributed by atoms with E-state index in [0.717, 1.165) is 5.56 Å². The van der Waals surface area contributed by atoms with E-state index < -0.39 is 12.0 Å². The summed E-state index contributed by atoms with van der Waals surface area (Å²) in [4.78, 5) is 24.1. The fourth-order valence-corrected chi connectivity index (χ4v) is 1.91. The van der Waals surface area contributed by atoms with Gasteiger partial charge in [-0.15, -0.1) is 0 Å². The highest BCUT2D eigenvalue weighted by molar-refractivity contribution is 5.85. The fraction of sp³-hybridized carbons (Fsp3) is 0.429. The van der Waals surface area contributed by atoms with Crippen LogP contribution >= 0.6 is 0 Å². The summed E-state index contributed by atoms with van der Waals surface area (Å²) in [5.74, 6) is -1.28. The van der Waals surface area contributed by atoms with Crippen LogP contribution in [0.1, 0.15) is 18.9 Å². The van der Waals surface area contributed by atoms with E-state index in [1.807, 2.05) is 6.92 Å². The van der Waals surface area contributed by atoms with Crippen LogP contribution in [-0.4, -0.2) is 46.1 Å². The van der Waals surface area contributed by atoms with Gasteiger partial charge in [0.1, 0.15) is 12.3 Å². The second-order valence-corrected chi connectivity index (χ2v) is 4.63. The second-order valence-electron chi connectivity index (χ2n) is 4.63. The van der Waals surface area contributed by atoms with Crippen LogP contribution in [0.5, 0.6) is 5.75 Å². The van der Waals surface area contributed by atoms with Crippen molar-refractivity contribution in [3.8, 4) is 5.75 Å². The van der Waals surface area contributed by atoms with E-state index >= 15 is 0 Å². The third-order valence-electron chi connectivity index (χ3n) is 2.84. The lowest BCUT2D eigenvalue weighted by Crippen LogP contribution is -2.47. The molecule has 0 saturated heterocycles. The van der Waals surface area contributed by atoms with Crippen molar-refractivity contribution in [2.75, 3.05) is 13.1 Å². The Hall–Kier alpha value is -2.08. The largest absolute Gasteiger partial charge is 0.508 e. The summed E-state index contributed by atoms with van der Waals surface area (Å²) in [5, 5.41) is 18.0. The quantitative estimate of drug-likeness (QED) is 0.678. The molecule has 0 saturated carbocycles. The molecule has 0 aliphatic rings. The SMILES string of the molecule is CCCN(CC(=O)O)C(=O)[C@@H](N)Cc1ccc(O)cc1. The van der Waals surface area contributed by atoms with Crippen LogP contribution in [0.25, 0.3) is 0 Å². The summed E-state index contributed by atoms with van der Waals surface area (Å²) in [5.41, 5.74) is 6.66. The normalized spacial score (nSPS) is 11.9. The number of hydrogen-bond acceptors (Lipinski definition) is 4. The van der Waals surface area contributed by atoms with Gasteiger partial charge in [-0.3, -0.25) is 9.59 Å². The number of nitrogens with zero attached hydrogens (tertiary/aromatic N) is 1. The van der Waals surface area contributed by atoms with Gasteiger partial charge in [-0.25, -0.2) is 0 Å². The van der Waals surface area contributed by atoms with Gasteiger partial charge in [0.15, 0.2) is 0 Å². The molecule has 4 N–H and O–H groups in total. The van der Waals surface area contributed by atoms with Gasteiger partial charge >= 0.3 is 5.97 Å². The molecule has 110 valence electrons. The predicted molar refractivity (Wildman–Crippen MR) is 74.3 cm³/mol. The lowest BCUT2D eigenvalue weighted by atomic mass is 10.1. The second kappa shape index (κ2) is 7.49. The number of rotatable bonds is 7. The molecule has 0 aromatic heterocycles. The minimum absolute atomic E-state index is 0.145. The van der Waals surface area contributed by atoms with Crippen LogP contribution in [0.15, 0.2) is 24.3 Å². The molecule has 0 heterocycles. The molecule has 0 unspecified atom stereocenters. The highest BCUT2D eigenvalue weighted by Gasteiger charge is 2.22. The highest BCUT2D eigenvalue weighted by Crippen LogP contribution is 2.11. The van der Waals surface area contributed by atoms with E-state index in [4.69, 9.17) is 10.8 Å². The summed E-state index contributed by atoms with van der Waals surface area (Å²) in [6.07, 6.45) is 0.976. The predicted octanol–water partition coefficient (Wildman–Crippen LogP) is 0.585. The van der Waals surface area contributed by atoms with Gasteiger partial charge in [-0.05, 0) is 30.5 Å². The Kier molecular flexibility index (Phi) is 5.99. The number of hydrogen-bond donors (Lipinski definition) is 3. The number of phenols is 1. The molecule has 0 radical (unpaired) electrons. The number of phenolic OH excluding ortho intramolecular Hbond substituents is 1. The van der Waals surface area contributed by atoms with Gasteiger partial charge < -0.3 is 20.8 Å². The van der Waals surface area contributed by atoms with Crippen molar-refractivity contribution >= 4 is 11.9 Å². The maximum atomic E-state index is 12.1. The standard InChI is InChI=1S/C14H20N2O4/c1-2-7-16(9-13(18)19)14(20)12(15)8-10-3-5-11(17)6-4-10/h3-6,12,17H,2,7-9,15H2,1H3,(H,18,19)/t12-/m0/s1. The van der Waals surface area contributed by atoms with E-state index in [1.54, 1.807) is 12.1 Å². The van der Waals surface area contributed by atoms with Gasteiger partial charge in [-0.2, -0.15) is 0 Å². The first-order valence-electron chi connectivity index (χ1n) is 6.48. The average molecular weight is 280 g/mol. The molecule has 1 atom stereocenters. The van der Waals surface area contributed by atoms with Crippen molar-refractivity contribution < 1.29 is 19.8 Å². The van der Waals surface area contributed by atoms with Gasteiger partial charge in [0, 0.05) is 6.54 Å². The summed E-state index contributed by atoms with van der Waals surface area (Å²) in [7, 11) is 0. The van der Waals surface area contributed by atoms with Crippen molar-refractivity contribution in [3.05, 3.63) is 29.8 Å². The van der Waals surface area contributed by atoms with Gasteiger partial charge in [-0.1, -0.05) is 19.1 Å². The minimum atomic E-state index is -1.05. The third-order valence-corrected chi connectivity index (χ3v) is 2.84. The molecular weight excluding hydrogens is 260 g/mol. The third kappa shape index (κ3) is 4.89. The number of carboxylic acids is 1. The number of carboxylic acid groups (broad SMARTS) is 1. The molecule has 6 heteroatoms. The molecule has 1 aromatic rings. The molecule has 0 aliphatic heterocycles. The fourth-order valence-electron chi connectivity index (χ4n) is 1.91. The van der Waals surface area contributed by atoms with Gasteiger partial charge in [0.2, 0.25) is 5.91 Å². The first kappa shape index (κ1) is 16.0. The number of aromatic hydroxyl groups is 1. The highest BCUT2D eigenvalue weighted by atomic mass is 16.4. The van der Waals surface area contributed by atoms with Crippen molar-refractivity contribution in [2.45, 2.75) is 25.8 Å². The molecule has 1 amide bonds. The van der Waals surface area contributed by atoms with E-state index in [0.29, 0.717) is 19.4 Å². The van der Waals surface area contributed by atoms with E-state index in [1.165, 1.54) is 17.0 Å². The first-order valence-corrected chi connectivity index (χ1v) is 6.48. The topological polar surface area (TPSA) is 104 Å². The number of carbonyl (C=O) groups is 2. The number of carbonyl (C=O) groups excluding carboxylic acids is 1. The molecule has 0 bridgehead atoms. The molecule has 20 heavy (non-hydrogen) atoms. The number of amides is 1. The number of nitrogens with two attached hydrogens (primary N) is 1. The zero-order valence-electron chi connectivity index (χ0n) is 11.5. The van der Waals surface area contributed by atoms with Crippen LogP contribution in [0.2, 0.25) is 0 Å². The Bertz CT molecular complexity index is 459. The number of benzene rings is 1. The number of aliphatic carboxylic acids is 1. The van der Waals surface area contributed by atoms with Crippen molar-refractivity contribution in [1.82, 2.24) is 4.90 Å². The molecule has 0 spiro atoms. The van der Waals surface area contributed by atoms with Gasteiger partial charge in [0.05, 0.1) is 6.04 Å². The summed E-state index contributed by atoms with van der Waals surface area (Å²) in [6, 6.07) is 5.62. The molecule has 0 fully saturated rings. The van der Waals surface area contributed by atoms with Crippen LogP contribution in [0, 0.1) is 0 Å². The van der Waals surface area contributed by atoms with Crippen LogP contribution in [-0.2, 0) is 16.0 Å². The summed E-state index contributed by atoms with van der Waals surface area (Å²) < 4.78 is 0. The Morgan fingerprint density at radius 1 is 1.30 bits per heavy atom. The molecule has 1 rings (SSSR count). The van der Waals surface area contributed by atoms with Crippen molar-refractivity contribution in [2.24, 2.45) is 5.73 Å². The van der Waals surface area contributed by atoms with E-state index in [-0.39, 0.29) is 18.2 Å². The van der Waals surface area contributed by atoms with E-state index in [9.17, 15) is 14.7 Å². The summed E-state index contributed by atoms with van der Waals surface area (Å²) >= 11 is 0. The Balaban J connectivity index is 2.67. The van der Waals surface area contributed by atoms with Crippen LogP contribution in [0.3, 0.4) is 0 Å². The molecule has 0 aliphatic carbocycles. The molecule has 6 nitrogen and oxygen atoms in total. The molecular formula is C14H20N2O4. The van der Waals surface area contributed by atoms with Crippen LogP contribution in [0.4, 0.5) is 0 Å². The Morgan fingerprint density at radius 2 is 1.90 bits per heavy atom. The maximum Gasteiger partial charge on any atom is 0.323 e. The summed E-state index contributed by atoms with van der Waals surface area (Å²) in [6.45, 7) is 1.90. The Labute approximate surface area is 117 Å². The lowest BCUT2D eigenvalue weighted by molar-refractivity contribution is -0.145. The Morgan fingerprint density at radius 3 is 2.40 bits per heavy atom. The molecule has 1 aromatic carbocycles. The lowest BCUT2D eigenvalue weighted by Gasteiger charge is -2.23. The van der Waals surface area contributed by atoms with Crippen LogP contribution < -0.4 is 5.73 Å². The van der Waals surface area contributed by atoms with Crippen molar-refractivity contribution in [1.29, 1.82) is 0 Å². The average Bonchev–Trinajstić information content (AvgIpc) is 2.39. The zero-order valence-corrected chi connectivity index (χ0v) is 11.5. The van der Waals surface area contributed by atoms with E-state index in [2.05, 4.69) is 0 Å². The van der Waals surface area contributed by atoms with Crippen molar-refractivity contribution in [3.63, 3.8) is 0 Å². The minimum Gasteiger partial charge on any atom is -0.508 e. The smallest absolute Gasteiger partial charge is 0.323 e. The van der Waals surface area contributed by atoms with Gasteiger partial charge in [0.25, 0.3) is 0 Å². The monoisotopic (exact) mass is 280 g/mol. The first-order chi connectivity index (χ1) is 9.43.